The van der Waals surface area contributed by atoms with Gasteiger partial charge in [0.2, 0.25) is 5.91 Å². The number of amides is 1. The Kier molecular flexibility index (Phi) is 14.7. The second-order valence-corrected chi connectivity index (χ2v) is 10.0. The highest BCUT2D eigenvalue weighted by Crippen LogP contribution is 2.39. The van der Waals surface area contributed by atoms with Crippen LogP contribution < -0.4 is 5.32 Å². The van der Waals surface area contributed by atoms with Crippen LogP contribution in [0.5, 0.6) is 0 Å². The summed E-state index contributed by atoms with van der Waals surface area (Å²) >= 11 is 0. The topological polar surface area (TPSA) is 165 Å². The first kappa shape index (κ1) is 32.8. The Morgan fingerprint density at radius 1 is 1.07 bits per heavy atom. The van der Waals surface area contributed by atoms with Crippen molar-refractivity contribution < 1.29 is 48.2 Å². The minimum absolute atomic E-state index is 0.0558. The quantitative estimate of drug-likeness (QED) is 0.154. The molecule has 2 saturated heterocycles. The lowest BCUT2D eigenvalue weighted by Gasteiger charge is -2.41. The highest BCUT2D eigenvalue weighted by molar-refractivity contribution is 5.75. The maximum atomic E-state index is 11.5. The number of nitrogens with one attached hydrogen (secondary N) is 1. The van der Waals surface area contributed by atoms with Gasteiger partial charge in [0.05, 0.1) is 91.5 Å². The molecule has 2 aliphatic heterocycles. The van der Waals surface area contributed by atoms with Gasteiger partial charge in [-0.1, -0.05) is 25.5 Å². The van der Waals surface area contributed by atoms with Gasteiger partial charge in [0, 0.05) is 18.9 Å². The van der Waals surface area contributed by atoms with Crippen molar-refractivity contribution in [2.45, 2.75) is 70.4 Å². The minimum atomic E-state index is -1.06. The first-order chi connectivity index (χ1) is 19.4. The molecule has 0 aromatic carbocycles. The molecule has 2 aliphatic rings. The fourth-order valence-electron chi connectivity index (χ4n) is 4.30. The molecule has 2 bridgehead atoms. The Bertz CT molecular complexity index is 846. The van der Waals surface area contributed by atoms with E-state index in [9.17, 15) is 15.0 Å². The summed E-state index contributed by atoms with van der Waals surface area (Å²) in [6, 6.07) is 0. The Balaban J connectivity index is 1.08. The van der Waals surface area contributed by atoms with E-state index >= 15 is 0 Å². The van der Waals surface area contributed by atoms with Gasteiger partial charge in [-0.05, 0) is 6.42 Å². The zero-order chi connectivity index (χ0) is 28.6. The monoisotopic (exact) mass is 574 g/mol. The van der Waals surface area contributed by atoms with Crippen molar-refractivity contribution in [2.75, 3.05) is 72.6 Å². The highest BCUT2D eigenvalue weighted by Gasteiger charge is 2.57. The van der Waals surface area contributed by atoms with E-state index in [1.807, 2.05) is 6.20 Å². The molecule has 0 saturated carbocycles. The molecule has 3 N–H and O–H groups in total. The molecule has 3 rings (SSSR count). The van der Waals surface area contributed by atoms with Crippen LogP contribution in [0.2, 0.25) is 0 Å². The van der Waals surface area contributed by atoms with Crippen LogP contribution in [0, 0.1) is 5.92 Å². The van der Waals surface area contributed by atoms with Crippen LogP contribution in [-0.2, 0) is 51.1 Å². The molecule has 230 valence electrons. The third-order valence-corrected chi connectivity index (χ3v) is 6.76. The van der Waals surface area contributed by atoms with Gasteiger partial charge in [-0.15, -0.1) is 5.10 Å². The summed E-state index contributed by atoms with van der Waals surface area (Å²) in [6.07, 6.45) is 1.78. The highest BCUT2D eigenvalue weighted by atomic mass is 16.7. The first-order valence-electron chi connectivity index (χ1n) is 14.1. The SMILES string of the molecule is CCCCC(=O)NCCOCc1cn(CCOCCOCCOCCOC[C@@]23CO[C@@H](O2)[C@H](C)[C@@H](O)[C@H]3O)nn1. The van der Waals surface area contributed by atoms with Crippen LogP contribution in [0.4, 0.5) is 0 Å². The van der Waals surface area contributed by atoms with Crippen molar-refractivity contribution in [1.82, 2.24) is 20.3 Å². The van der Waals surface area contributed by atoms with E-state index < -0.39 is 24.1 Å². The maximum absolute atomic E-state index is 11.5. The van der Waals surface area contributed by atoms with Crippen LogP contribution >= 0.6 is 0 Å². The molecule has 1 aromatic heterocycles. The number of hydrogen-bond donors (Lipinski definition) is 3. The number of aliphatic hydroxyl groups excluding tert-OH is 2. The van der Waals surface area contributed by atoms with Crippen molar-refractivity contribution in [3.05, 3.63) is 11.9 Å². The van der Waals surface area contributed by atoms with Crippen molar-refractivity contribution in [3.8, 4) is 0 Å². The predicted molar refractivity (Wildman–Crippen MR) is 140 cm³/mol. The second kappa shape index (κ2) is 17.9. The molecular weight excluding hydrogens is 528 g/mol. The Hall–Kier alpha value is -1.75. The van der Waals surface area contributed by atoms with E-state index in [2.05, 4.69) is 22.6 Å². The molecule has 0 aliphatic carbocycles. The van der Waals surface area contributed by atoms with E-state index in [1.54, 1.807) is 11.6 Å². The molecule has 3 heterocycles. The normalized spacial score (nSPS) is 25.9. The summed E-state index contributed by atoms with van der Waals surface area (Å²) in [7, 11) is 0. The molecule has 40 heavy (non-hydrogen) atoms. The van der Waals surface area contributed by atoms with Gasteiger partial charge >= 0.3 is 0 Å². The number of aromatic nitrogens is 3. The molecule has 0 unspecified atom stereocenters. The number of rotatable bonds is 22. The smallest absolute Gasteiger partial charge is 0.220 e. The molecule has 5 atom stereocenters. The first-order valence-corrected chi connectivity index (χ1v) is 14.1. The average molecular weight is 575 g/mol. The van der Waals surface area contributed by atoms with Gasteiger partial charge in [-0.2, -0.15) is 0 Å². The van der Waals surface area contributed by atoms with Crippen LogP contribution in [0.3, 0.4) is 0 Å². The van der Waals surface area contributed by atoms with Crippen molar-refractivity contribution >= 4 is 5.91 Å². The number of fused-ring (bicyclic) bond motifs is 2. The Morgan fingerprint density at radius 3 is 2.50 bits per heavy atom. The maximum Gasteiger partial charge on any atom is 0.220 e. The van der Waals surface area contributed by atoms with Gasteiger partial charge in [-0.25, -0.2) is 4.68 Å². The second-order valence-electron chi connectivity index (χ2n) is 10.0. The fraction of sp³-hybridized carbons (Fsp3) is 0.885. The predicted octanol–water partition coefficient (Wildman–Crippen LogP) is -0.349. The van der Waals surface area contributed by atoms with Gasteiger partial charge in [0.25, 0.3) is 0 Å². The summed E-state index contributed by atoms with van der Waals surface area (Å²) in [5, 5.41) is 31.5. The van der Waals surface area contributed by atoms with Gasteiger partial charge in [0.1, 0.15) is 17.4 Å². The molecular formula is C26H46N4O10. The summed E-state index contributed by atoms with van der Waals surface area (Å²) in [4.78, 5) is 11.5. The average Bonchev–Trinajstić information content (AvgIpc) is 3.59. The minimum Gasteiger partial charge on any atom is -0.390 e. The van der Waals surface area contributed by atoms with E-state index in [0.717, 1.165) is 18.5 Å². The number of hydrogen-bond acceptors (Lipinski definition) is 12. The van der Waals surface area contributed by atoms with Crippen molar-refractivity contribution in [3.63, 3.8) is 0 Å². The zero-order valence-corrected chi connectivity index (χ0v) is 23.7. The number of carbonyl (C=O) groups excluding carboxylic acids is 1. The largest absolute Gasteiger partial charge is 0.390 e. The number of ether oxygens (including phenoxy) is 7. The number of nitrogens with zero attached hydrogens (tertiary/aromatic N) is 3. The van der Waals surface area contributed by atoms with Gasteiger partial charge < -0.3 is 48.7 Å². The van der Waals surface area contributed by atoms with Gasteiger partial charge in [-0.3, -0.25) is 4.79 Å². The number of carbonyl (C=O) groups is 1. The van der Waals surface area contributed by atoms with Crippen LogP contribution in [-0.4, -0.2) is 128 Å². The van der Waals surface area contributed by atoms with E-state index in [0.29, 0.717) is 79.0 Å². The van der Waals surface area contributed by atoms with E-state index in [1.165, 1.54) is 0 Å². The van der Waals surface area contributed by atoms with Crippen LogP contribution in [0.25, 0.3) is 0 Å². The fourth-order valence-corrected chi connectivity index (χ4v) is 4.30. The standard InChI is InChI=1S/C26H46N4O10/c1-3-4-5-22(31)27-6-8-37-17-21-16-30(29-28-21)7-9-34-10-11-35-12-13-36-14-15-38-18-26-19-39-25(40-26)20(2)23(32)24(26)33/h16,20,23-25,32-33H,3-15,17-19H2,1-2H3,(H,27,31)/t20-,23-,24-,25+,26+/m1/s1. The lowest BCUT2D eigenvalue weighted by atomic mass is 9.86. The summed E-state index contributed by atoms with van der Waals surface area (Å²) in [5.74, 6) is -0.235. The van der Waals surface area contributed by atoms with Crippen LogP contribution in [0.15, 0.2) is 6.20 Å². The molecule has 14 nitrogen and oxygen atoms in total. The molecule has 2 fully saturated rings. The van der Waals surface area contributed by atoms with Crippen molar-refractivity contribution in [2.24, 2.45) is 5.92 Å². The van der Waals surface area contributed by atoms with Crippen molar-refractivity contribution in [1.29, 1.82) is 0 Å². The summed E-state index contributed by atoms with van der Waals surface area (Å²) in [5.41, 5.74) is -0.306. The molecule has 1 amide bonds. The Labute approximate surface area is 235 Å². The molecule has 0 spiro atoms. The third-order valence-electron chi connectivity index (χ3n) is 6.76. The number of unbranched alkanes of at least 4 members (excludes halogenated alkanes) is 1. The summed E-state index contributed by atoms with van der Waals surface area (Å²) in [6.45, 7) is 8.90. The number of aliphatic hydroxyl groups is 2. The van der Waals surface area contributed by atoms with E-state index in [4.69, 9.17) is 33.2 Å². The van der Waals surface area contributed by atoms with Crippen LogP contribution in [0.1, 0.15) is 38.8 Å². The lowest BCUT2D eigenvalue weighted by molar-refractivity contribution is -0.248. The zero-order valence-electron chi connectivity index (χ0n) is 23.7. The third kappa shape index (κ3) is 10.6. The summed E-state index contributed by atoms with van der Waals surface area (Å²) < 4.78 is 40.7. The molecule has 1 aromatic rings. The van der Waals surface area contributed by atoms with E-state index in [-0.39, 0.29) is 25.0 Å². The lowest BCUT2D eigenvalue weighted by Crippen LogP contribution is -2.60. The Morgan fingerprint density at radius 2 is 1.77 bits per heavy atom. The molecule has 14 heteroatoms. The van der Waals surface area contributed by atoms with Gasteiger partial charge in [0.15, 0.2) is 6.29 Å². The molecule has 0 radical (unpaired) electrons.